The van der Waals surface area contributed by atoms with Crippen LogP contribution < -0.4 is 5.32 Å². The Morgan fingerprint density at radius 3 is 2.89 bits per heavy atom. The van der Waals surface area contributed by atoms with Gasteiger partial charge in [-0.05, 0) is 20.0 Å². The lowest BCUT2D eigenvalue weighted by Gasteiger charge is -2.32. The molecule has 0 aromatic carbocycles. The first-order valence-electron chi connectivity index (χ1n) is 6.43. The van der Waals surface area contributed by atoms with Crippen LogP contribution in [-0.2, 0) is 0 Å². The van der Waals surface area contributed by atoms with Crippen LogP contribution in [0.15, 0.2) is 12.4 Å². The third kappa shape index (κ3) is 3.82. The smallest absolute Gasteiger partial charge is 0.254 e. The number of rotatable bonds is 5. The summed E-state index contributed by atoms with van der Waals surface area (Å²) in [6, 6.07) is 0. The fraction of sp³-hybridized carbons (Fsp3) is 0.667. The zero-order valence-electron chi connectivity index (χ0n) is 10.9. The molecule has 0 saturated carbocycles. The van der Waals surface area contributed by atoms with E-state index < -0.39 is 0 Å². The molecule has 18 heavy (non-hydrogen) atoms. The first kappa shape index (κ1) is 13.0. The van der Waals surface area contributed by atoms with Gasteiger partial charge >= 0.3 is 0 Å². The number of nitrogens with zero attached hydrogens (tertiary/aromatic N) is 3. The third-order valence-electron chi connectivity index (χ3n) is 3.29. The molecule has 1 amide bonds. The number of aromatic nitrogens is 2. The Hall–Kier alpha value is -1.40. The standard InChI is InChI=1S/C12H21N5O/c1-16-5-7-17(8-6-16)4-2-3-13-12(18)11-9-14-15-10-11/h9-10H,2-8H2,1H3,(H,13,18)(H,14,15). The Labute approximate surface area is 107 Å². The minimum Gasteiger partial charge on any atom is -0.352 e. The molecule has 0 spiro atoms. The highest BCUT2D eigenvalue weighted by atomic mass is 16.1. The summed E-state index contributed by atoms with van der Waals surface area (Å²) in [5.74, 6) is -0.0536. The van der Waals surface area contributed by atoms with Crippen LogP contribution in [0.3, 0.4) is 0 Å². The number of hydrogen-bond donors (Lipinski definition) is 2. The topological polar surface area (TPSA) is 64.3 Å². The molecule has 0 unspecified atom stereocenters. The molecule has 0 atom stereocenters. The van der Waals surface area contributed by atoms with Gasteiger partial charge in [0.25, 0.3) is 5.91 Å². The van der Waals surface area contributed by atoms with E-state index in [0.717, 1.165) is 45.7 Å². The molecule has 1 fully saturated rings. The SMILES string of the molecule is CN1CCN(CCCNC(=O)c2cn[nH]c2)CC1. The van der Waals surface area contributed by atoms with Gasteiger partial charge in [0.2, 0.25) is 0 Å². The largest absolute Gasteiger partial charge is 0.352 e. The highest BCUT2D eigenvalue weighted by molar-refractivity contribution is 5.93. The fourth-order valence-corrected chi connectivity index (χ4v) is 2.05. The summed E-state index contributed by atoms with van der Waals surface area (Å²) < 4.78 is 0. The van der Waals surface area contributed by atoms with Crippen LogP contribution in [0, 0.1) is 0 Å². The van der Waals surface area contributed by atoms with Gasteiger partial charge in [-0.25, -0.2) is 0 Å². The van der Waals surface area contributed by atoms with Crippen molar-refractivity contribution in [1.29, 1.82) is 0 Å². The first-order chi connectivity index (χ1) is 8.75. The Bertz CT molecular complexity index is 357. The second-order valence-electron chi connectivity index (χ2n) is 4.74. The van der Waals surface area contributed by atoms with E-state index in [1.165, 1.54) is 6.20 Å². The second-order valence-corrected chi connectivity index (χ2v) is 4.74. The van der Waals surface area contributed by atoms with Crippen LogP contribution in [0.25, 0.3) is 0 Å². The van der Waals surface area contributed by atoms with E-state index in [9.17, 15) is 4.79 Å². The molecule has 1 saturated heterocycles. The van der Waals surface area contributed by atoms with Crippen molar-refractivity contribution in [2.24, 2.45) is 0 Å². The molecule has 2 N–H and O–H groups in total. The maximum atomic E-state index is 11.6. The van der Waals surface area contributed by atoms with Crippen LogP contribution in [-0.4, -0.2) is 72.2 Å². The minimum absolute atomic E-state index is 0.0536. The molecule has 1 aliphatic rings. The molecule has 0 radical (unpaired) electrons. The summed E-state index contributed by atoms with van der Waals surface area (Å²) in [6.07, 6.45) is 4.14. The molecule has 2 rings (SSSR count). The average molecular weight is 251 g/mol. The van der Waals surface area contributed by atoms with Gasteiger partial charge < -0.3 is 15.1 Å². The molecule has 6 heteroatoms. The fourth-order valence-electron chi connectivity index (χ4n) is 2.05. The second kappa shape index (κ2) is 6.51. The maximum Gasteiger partial charge on any atom is 0.254 e. The molecule has 0 aliphatic carbocycles. The summed E-state index contributed by atoms with van der Waals surface area (Å²) in [5, 5.41) is 9.28. The van der Waals surface area contributed by atoms with Gasteiger partial charge in [0, 0.05) is 38.9 Å². The maximum absolute atomic E-state index is 11.6. The number of amides is 1. The van der Waals surface area contributed by atoms with Crippen molar-refractivity contribution < 1.29 is 4.79 Å². The van der Waals surface area contributed by atoms with Crippen LogP contribution in [0.2, 0.25) is 0 Å². The lowest BCUT2D eigenvalue weighted by atomic mass is 10.3. The number of likely N-dealkylation sites (N-methyl/N-ethyl adjacent to an activating group) is 1. The van der Waals surface area contributed by atoms with E-state index in [4.69, 9.17) is 0 Å². The van der Waals surface area contributed by atoms with Crippen LogP contribution >= 0.6 is 0 Å². The summed E-state index contributed by atoms with van der Waals surface area (Å²) >= 11 is 0. The van der Waals surface area contributed by atoms with Gasteiger partial charge in [-0.15, -0.1) is 0 Å². The highest BCUT2D eigenvalue weighted by Gasteiger charge is 2.13. The summed E-state index contributed by atoms with van der Waals surface area (Å²) in [7, 11) is 2.16. The van der Waals surface area contributed by atoms with E-state index in [1.807, 2.05) is 0 Å². The molecular weight excluding hydrogens is 230 g/mol. The van der Waals surface area contributed by atoms with E-state index in [-0.39, 0.29) is 5.91 Å². The molecule has 1 aliphatic heterocycles. The Morgan fingerprint density at radius 1 is 1.44 bits per heavy atom. The number of nitrogens with one attached hydrogen (secondary N) is 2. The molecular formula is C12H21N5O. The molecule has 0 bridgehead atoms. The van der Waals surface area contributed by atoms with Gasteiger partial charge in [0.05, 0.1) is 11.8 Å². The van der Waals surface area contributed by atoms with Crippen molar-refractivity contribution in [2.75, 3.05) is 46.3 Å². The number of carbonyl (C=O) groups excluding carboxylic acids is 1. The lowest BCUT2D eigenvalue weighted by Crippen LogP contribution is -2.45. The minimum atomic E-state index is -0.0536. The predicted octanol–water partition coefficient (Wildman–Crippen LogP) is -0.223. The average Bonchev–Trinajstić information content (AvgIpc) is 2.90. The highest BCUT2D eigenvalue weighted by Crippen LogP contribution is 1.99. The van der Waals surface area contributed by atoms with E-state index in [2.05, 4.69) is 32.4 Å². The van der Waals surface area contributed by atoms with Gasteiger partial charge in [-0.1, -0.05) is 0 Å². The van der Waals surface area contributed by atoms with Crippen LogP contribution in [0.5, 0.6) is 0 Å². The number of piperazine rings is 1. The third-order valence-corrected chi connectivity index (χ3v) is 3.29. The quantitative estimate of drug-likeness (QED) is 0.710. The number of H-pyrrole nitrogens is 1. The monoisotopic (exact) mass is 251 g/mol. The lowest BCUT2D eigenvalue weighted by molar-refractivity contribution is 0.0949. The van der Waals surface area contributed by atoms with Crippen LogP contribution in [0.4, 0.5) is 0 Å². The van der Waals surface area contributed by atoms with Gasteiger partial charge in [-0.3, -0.25) is 9.89 Å². The number of aromatic amines is 1. The number of hydrogen-bond acceptors (Lipinski definition) is 4. The van der Waals surface area contributed by atoms with Crippen molar-refractivity contribution >= 4 is 5.91 Å². The van der Waals surface area contributed by atoms with E-state index >= 15 is 0 Å². The first-order valence-corrected chi connectivity index (χ1v) is 6.43. The van der Waals surface area contributed by atoms with Gasteiger partial charge in [0.1, 0.15) is 0 Å². The van der Waals surface area contributed by atoms with Crippen LogP contribution in [0.1, 0.15) is 16.8 Å². The van der Waals surface area contributed by atoms with Crippen molar-refractivity contribution in [3.8, 4) is 0 Å². The Kier molecular flexibility index (Phi) is 4.72. The molecule has 2 heterocycles. The number of carbonyl (C=O) groups is 1. The Balaban J connectivity index is 1.57. The van der Waals surface area contributed by atoms with E-state index in [1.54, 1.807) is 6.20 Å². The van der Waals surface area contributed by atoms with Gasteiger partial charge in [0.15, 0.2) is 0 Å². The summed E-state index contributed by atoms with van der Waals surface area (Å²) in [6.45, 7) is 6.32. The zero-order valence-corrected chi connectivity index (χ0v) is 10.9. The Morgan fingerprint density at radius 2 is 2.22 bits per heavy atom. The summed E-state index contributed by atoms with van der Waals surface area (Å²) in [4.78, 5) is 16.4. The predicted molar refractivity (Wildman–Crippen MR) is 69.5 cm³/mol. The molecule has 6 nitrogen and oxygen atoms in total. The molecule has 100 valence electrons. The van der Waals surface area contributed by atoms with Crippen molar-refractivity contribution in [3.05, 3.63) is 18.0 Å². The molecule has 1 aromatic rings. The molecule has 1 aromatic heterocycles. The van der Waals surface area contributed by atoms with E-state index in [0.29, 0.717) is 5.56 Å². The van der Waals surface area contributed by atoms with Crippen molar-refractivity contribution in [1.82, 2.24) is 25.3 Å². The van der Waals surface area contributed by atoms with Gasteiger partial charge in [-0.2, -0.15) is 5.10 Å². The van der Waals surface area contributed by atoms with Crippen molar-refractivity contribution in [3.63, 3.8) is 0 Å². The summed E-state index contributed by atoms with van der Waals surface area (Å²) in [5.41, 5.74) is 0.592. The zero-order chi connectivity index (χ0) is 12.8. The normalized spacial score (nSPS) is 17.8. The van der Waals surface area contributed by atoms with Crippen molar-refractivity contribution in [2.45, 2.75) is 6.42 Å².